The number of para-hydroxylation sites is 1. The lowest BCUT2D eigenvalue weighted by molar-refractivity contribution is -0.117. The van der Waals surface area contributed by atoms with E-state index in [1.165, 1.54) is 12.1 Å². The minimum absolute atomic E-state index is 0.0381. The van der Waals surface area contributed by atoms with Crippen molar-refractivity contribution in [3.8, 4) is 0 Å². The van der Waals surface area contributed by atoms with Crippen molar-refractivity contribution in [1.82, 2.24) is 10.2 Å². The van der Waals surface area contributed by atoms with Gasteiger partial charge in [0.25, 0.3) is 0 Å². The standard InChI is InChI=1S/C20H23FN4O/c1-22-20(25(2)13-14-6-5-7-15(21)12-14)23-11-10-17-16-8-3-4-9-18(16)24-19(17)26/h3-9,12,17H,10-11,13H2,1-2H3,(H,22,23)(H,24,26). The lowest BCUT2D eigenvalue weighted by Gasteiger charge is -2.22. The highest BCUT2D eigenvalue weighted by molar-refractivity contribution is 6.02. The maximum absolute atomic E-state index is 13.3. The molecule has 2 N–H and O–H groups in total. The normalized spacial score (nSPS) is 16.2. The van der Waals surface area contributed by atoms with Crippen LogP contribution in [-0.2, 0) is 11.3 Å². The molecule has 2 aromatic rings. The Bertz CT molecular complexity index is 821. The first-order valence-electron chi connectivity index (χ1n) is 8.64. The first kappa shape index (κ1) is 17.9. The summed E-state index contributed by atoms with van der Waals surface area (Å²) in [6.07, 6.45) is 0.676. The predicted octanol–water partition coefficient (Wildman–Crippen LogP) is 2.96. The number of nitrogens with one attached hydrogen (secondary N) is 2. The van der Waals surface area contributed by atoms with Crippen LogP contribution in [0.25, 0.3) is 0 Å². The van der Waals surface area contributed by atoms with Crippen LogP contribution < -0.4 is 10.6 Å². The van der Waals surface area contributed by atoms with Gasteiger partial charge in [-0.05, 0) is 35.7 Å². The van der Waals surface area contributed by atoms with Gasteiger partial charge in [-0.15, -0.1) is 0 Å². The van der Waals surface area contributed by atoms with Crippen molar-refractivity contribution in [2.45, 2.75) is 18.9 Å². The van der Waals surface area contributed by atoms with Gasteiger partial charge in [0.05, 0.1) is 5.92 Å². The van der Waals surface area contributed by atoms with Gasteiger partial charge in [-0.3, -0.25) is 9.79 Å². The summed E-state index contributed by atoms with van der Waals surface area (Å²) in [5, 5.41) is 6.20. The van der Waals surface area contributed by atoms with Crippen molar-refractivity contribution < 1.29 is 9.18 Å². The zero-order valence-corrected chi connectivity index (χ0v) is 15.0. The van der Waals surface area contributed by atoms with Crippen molar-refractivity contribution in [3.63, 3.8) is 0 Å². The summed E-state index contributed by atoms with van der Waals surface area (Å²) in [4.78, 5) is 18.4. The molecule has 1 aliphatic rings. The van der Waals surface area contributed by atoms with Crippen molar-refractivity contribution in [3.05, 3.63) is 65.5 Å². The first-order chi connectivity index (χ1) is 12.6. The Hall–Kier alpha value is -2.89. The van der Waals surface area contributed by atoms with E-state index in [0.717, 1.165) is 16.8 Å². The third kappa shape index (κ3) is 4.02. The smallest absolute Gasteiger partial charge is 0.232 e. The molecule has 0 radical (unpaired) electrons. The lowest BCUT2D eigenvalue weighted by atomic mass is 9.97. The van der Waals surface area contributed by atoms with Crippen LogP contribution in [0.2, 0.25) is 0 Å². The van der Waals surface area contributed by atoms with Crippen LogP contribution >= 0.6 is 0 Å². The van der Waals surface area contributed by atoms with E-state index in [0.29, 0.717) is 25.5 Å². The number of hydrogen-bond acceptors (Lipinski definition) is 2. The summed E-state index contributed by atoms with van der Waals surface area (Å²) in [7, 11) is 3.61. The molecule has 1 amide bonds. The lowest BCUT2D eigenvalue weighted by Crippen LogP contribution is -2.39. The van der Waals surface area contributed by atoms with E-state index in [9.17, 15) is 9.18 Å². The second-order valence-electron chi connectivity index (χ2n) is 6.38. The van der Waals surface area contributed by atoms with Gasteiger partial charge in [-0.1, -0.05) is 30.3 Å². The molecule has 0 aromatic heterocycles. The quantitative estimate of drug-likeness (QED) is 0.641. The number of anilines is 1. The summed E-state index contributed by atoms with van der Waals surface area (Å²) >= 11 is 0. The summed E-state index contributed by atoms with van der Waals surface area (Å²) in [5.41, 5.74) is 2.82. The monoisotopic (exact) mass is 354 g/mol. The number of halogens is 1. The van der Waals surface area contributed by atoms with Gasteiger partial charge in [-0.25, -0.2) is 4.39 Å². The van der Waals surface area contributed by atoms with Crippen LogP contribution in [0.1, 0.15) is 23.5 Å². The number of fused-ring (bicyclic) bond motifs is 1. The number of rotatable bonds is 5. The fourth-order valence-electron chi connectivity index (χ4n) is 3.26. The third-order valence-electron chi connectivity index (χ3n) is 4.51. The SMILES string of the molecule is CN=C(NCCC1C(=O)Nc2ccccc21)N(C)Cc1cccc(F)c1. The molecule has 26 heavy (non-hydrogen) atoms. The van der Waals surface area contributed by atoms with Gasteiger partial charge in [0.2, 0.25) is 5.91 Å². The molecule has 0 saturated heterocycles. The van der Waals surface area contributed by atoms with E-state index < -0.39 is 0 Å². The van der Waals surface area contributed by atoms with Gasteiger partial charge >= 0.3 is 0 Å². The molecular formula is C20H23FN4O. The summed E-state index contributed by atoms with van der Waals surface area (Å²) < 4.78 is 13.3. The summed E-state index contributed by atoms with van der Waals surface area (Å²) in [5.74, 6) is 0.354. The van der Waals surface area contributed by atoms with Crippen LogP contribution in [0, 0.1) is 5.82 Å². The van der Waals surface area contributed by atoms with E-state index in [2.05, 4.69) is 15.6 Å². The molecule has 1 aliphatic heterocycles. The molecule has 5 nitrogen and oxygen atoms in total. The van der Waals surface area contributed by atoms with Gasteiger partial charge in [0.15, 0.2) is 5.96 Å². The second kappa shape index (κ2) is 7.99. The Labute approximate surface area is 152 Å². The fourth-order valence-corrected chi connectivity index (χ4v) is 3.26. The van der Waals surface area contributed by atoms with E-state index >= 15 is 0 Å². The molecule has 1 unspecified atom stereocenters. The molecule has 136 valence electrons. The first-order valence-corrected chi connectivity index (χ1v) is 8.64. The Morgan fingerprint density at radius 2 is 2.08 bits per heavy atom. The molecule has 6 heteroatoms. The van der Waals surface area contributed by atoms with E-state index in [4.69, 9.17) is 0 Å². The van der Waals surface area contributed by atoms with Crippen LogP contribution in [0.3, 0.4) is 0 Å². The molecule has 1 atom stereocenters. The molecule has 1 heterocycles. The summed E-state index contributed by atoms with van der Waals surface area (Å²) in [6, 6.07) is 14.3. The highest BCUT2D eigenvalue weighted by Crippen LogP contribution is 2.33. The Balaban J connectivity index is 1.55. The predicted molar refractivity (Wildman–Crippen MR) is 102 cm³/mol. The molecule has 2 aromatic carbocycles. The van der Waals surface area contributed by atoms with Gasteiger partial charge in [0, 0.05) is 32.9 Å². The number of hydrogen-bond donors (Lipinski definition) is 2. The maximum atomic E-state index is 13.3. The Morgan fingerprint density at radius 1 is 1.27 bits per heavy atom. The average molecular weight is 354 g/mol. The van der Waals surface area contributed by atoms with Crippen LogP contribution in [0.15, 0.2) is 53.5 Å². The molecule has 0 aliphatic carbocycles. The summed E-state index contributed by atoms with van der Waals surface area (Å²) in [6.45, 7) is 1.16. The molecular weight excluding hydrogens is 331 g/mol. The largest absolute Gasteiger partial charge is 0.356 e. The number of amides is 1. The minimum atomic E-state index is -0.246. The Morgan fingerprint density at radius 3 is 2.85 bits per heavy atom. The molecule has 0 saturated carbocycles. The van der Waals surface area contributed by atoms with Gasteiger partial charge < -0.3 is 15.5 Å². The third-order valence-corrected chi connectivity index (χ3v) is 4.51. The highest BCUT2D eigenvalue weighted by Gasteiger charge is 2.29. The zero-order chi connectivity index (χ0) is 18.5. The average Bonchev–Trinajstić information content (AvgIpc) is 2.94. The van der Waals surface area contributed by atoms with Crippen molar-refractivity contribution in [2.24, 2.45) is 4.99 Å². The number of carbonyl (C=O) groups is 1. The van der Waals surface area contributed by atoms with E-state index in [-0.39, 0.29) is 17.6 Å². The van der Waals surface area contributed by atoms with Crippen molar-refractivity contribution in [2.75, 3.05) is 26.0 Å². The number of benzene rings is 2. The topological polar surface area (TPSA) is 56.7 Å². The van der Waals surface area contributed by atoms with E-state index in [1.54, 1.807) is 13.1 Å². The number of carbonyl (C=O) groups excluding carboxylic acids is 1. The van der Waals surface area contributed by atoms with Crippen LogP contribution in [0.4, 0.5) is 10.1 Å². The Kier molecular flexibility index (Phi) is 5.51. The molecule has 0 fully saturated rings. The second-order valence-corrected chi connectivity index (χ2v) is 6.38. The zero-order valence-electron chi connectivity index (χ0n) is 15.0. The molecule has 3 rings (SSSR count). The minimum Gasteiger partial charge on any atom is -0.356 e. The number of nitrogens with zero attached hydrogens (tertiary/aromatic N) is 2. The van der Waals surface area contributed by atoms with Gasteiger partial charge in [-0.2, -0.15) is 0 Å². The molecule has 0 bridgehead atoms. The van der Waals surface area contributed by atoms with Crippen molar-refractivity contribution >= 4 is 17.6 Å². The van der Waals surface area contributed by atoms with E-state index in [1.807, 2.05) is 42.3 Å². The number of aliphatic imine (C=N–C) groups is 1. The number of guanidine groups is 1. The van der Waals surface area contributed by atoms with Crippen LogP contribution in [0.5, 0.6) is 0 Å². The van der Waals surface area contributed by atoms with Crippen molar-refractivity contribution in [1.29, 1.82) is 0 Å². The fraction of sp³-hybridized carbons (Fsp3) is 0.300. The van der Waals surface area contributed by atoms with Gasteiger partial charge in [0.1, 0.15) is 5.82 Å². The maximum Gasteiger partial charge on any atom is 0.232 e. The molecule has 0 spiro atoms. The van der Waals surface area contributed by atoms with Crippen LogP contribution in [-0.4, -0.2) is 37.4 Å². The highest BCUT2D eigenvalue weighted by atomic mass is 19.1.